The molecule has 2 N–H and O–H groups in total. The molecule has 2 rings (SSSR count). The molecule has 1 unspecified atom stereocenters. The maximum Gasteiger partial charge on any atom is 0.236 e. The van der Waals surface area contributed by atoms with Gasteiger partial charge in [0.2, 0.25) is 11.7 Å². The van der Waals surface area contributed by atoms with Gasteiger partial charge in [-0.3, -0.25) is 0 Å². The van der Waals surface area contributed by atoms with E-state index in [1.807, 2.05) is 24.3 Å². The molecule has 0 amide bonds. The normalized spacial score (nSPS) is 12.6. The Morgan fingerprint density at radius 1 is 1.42 bits per heavy atom. The molecule has 6 heteroatoms. The van der Waals surface area contributed by atoms with E-state index < -0.39 is 0 Å². The van der Waals surface area contributed by atoms with E-state index in [1.165, 1.54) is 0 Å². The number of rotatable bonds is 6. The highest BCUT2D eigenvalue weighted by Crippen LogP contribution is 2.25. The number of nitrogens with zero attached hydrogens (tertiary/aromatic N) is 2. The summed E-state index contributed by atoms with van der Waals surface area (Å²) in [5.41, 5.74) is 6.36. The third-order valence-corrected chi connectivity index (χ3v) is 4.20. The minimum absolute atomic E-state index is 0.496. The van der Waals surface area contributed by atoms with Crippen LogP contribution in [0.15, 0.2) is 28.8 Å². The molecule has 0 fully saturated rings. The smallest absolute Gasteiger partial charge is 0.236 e. The van der Waals surface area contributed by atoms with Crippen molar-refractivity contribution in [2.24, 2.45) is 11.7 Å². The van der Waals surface area contributed by atoms with Crippen LogP contribution in [0.1, 0.15) is 12.8 Å². The fourth-order valence-corrected chi connectivity index (χ4v) is 2.65. The predicted octanol–water partition coefficient (Wildman–Crippen LogP) is 3.22. The Labute approximate surface area is 121 Å². The fraction of sp³-hybridized carbons (Fsp3) is 0.385. The number of aromatic nitrogens is 2. The van der Waals surface area contributed by atoms with Crippen LogP contribution in [0, 0.1) is 5.92 Å². The van der Waals surface area contributed by atoms with E-state index in [9.17, 15) is 0 Å². The first-order valence-electron chi connectivity index (χ1n) is 6.06. The highest BCUT2D eigenvalue weighted by atomic mass is 35.5. The Bertz CT molecular complexity index is 532. The minimum Gasteiger partial charge on any atom is -0.338 e. The van der Waals surface area contributed by atoms with Gasteiger partial charge >= 0.3 is 0 Å². The Morgan fingerprint density at radius 2 is 2.21 bits per heavy atom. The number of hydrogen-bond acceptors (Lipinski definition) is 5. The van der Waals surface area contributed by atoms with E-state index in [-0.39, 0.29) is 0 Å². The molecule has 19 heavy (non-hydrogen) atoms. The van der Waals surface area contributed by atoms with Crippen molar-refractivity contribution in [3.8, 4) is 11.4 Å². The molecular formula is C13H16ClN3OS. The van der Waals surface area contributed by atoms with Gasteiger partial charge in [0, 0.05) is 5.56 Å². The third-order valence-electron chi connectivity index (χ3n) is 2.61. The van der Waals surface area contributed by atoms with Gasteiger partial charge < -0.3 is 10.3 Å². The lowest BCUT2D eigenvalue weighted by atomic mass is 10.2. The van der Waals surface area contributed by atoms with E-state index in [1.54, 1.807) is 11.8 Å². The summed E-state index contributed by atoms with van der Waals surface area (Å²) in [6.07, 6.45) is 0. The number of benzene rings is 1. The van der Waals surface area contributed by atoms with Gasteiger partial charge in [-0.1, -0.05) is 35.8 Å². The zero-order valence-corrected chi connectivity index (χ0v) is 12.2. The zero-order chi connectivity index (χ0) is 13.7. The van der Waals surface area contributed by atoms with Crippen molar-refractivity contribution in [3.63, 3.8) is 0 Å². The van der Waals surface area contributed by atoms with E-state index in [4.69, 9.17) is 21.9 Å². The lowest BCUT2D eigenvalue weighted by Crippen LogP contribution is -2.12. The van der Waals surface area contributed by atoms with Gasteiger partial charge in [0.15, 0.2) is 0 Å². The molecule has 0 aliphatic rings. The Balaban J connectivity index is 1.98. The molecule has 1 heterocycles. The van der Waals surface area contributed by atoms with Gasteiger partial charge in [-0.05, 0) is 30.3 Å². The van der Waals surface area contributed by atoms with Gasteiger partial charge in [0.25, 0.3) is 0 Å². The van der Waals surface area contributed by atoms with E-state index in [0.29, 0.717) is 35.0 Å². The number of thioether (sulfide) groups is 1. The second kappa shape index (κ2) is 6.93. The second-order valence-electron chi connectivity index (χ2n) is 4.35. The van der Waals surface area contributed by atoms with Gasteiger partial charge in [-0.15, -0.1) is 0 Å². The Kier molecular flexibility index (Phi) is 5.24. The molecule has 2 aromatic rings. The molecule has 0 saturated heterocycles. The predicted molar refractivity (Wildman–Crippen MR) is 79.1 cm³/mol. The SMILES string of the molecule is CC(CN)CSCc1nc(-c2ccccc2Cl)no1. The average Bonchev–Trinajstić information content (AvgIpc) is 2.87. The molecule has 0 radical (unpaired) electrons. The first-order chi connectivity index (χ1) is 9.20. The second-order valence-corrected chi connectivity index (χ2v) is 5.79. The molecule has 1 aromatic carbocycles. The molecule has 0 aliphatic carbocycles. The van der Waals surface area contributed by atoms with Crippen LogP contribution in [-0.2, 0) is 5.75 Å². The minimum atomic E-state index is 0.496. The fourth-order valence-electron chi connectivity index (χ4n) is 1.48. The lowest BCUT2D eigenvalue weighted by Gasteiger charge is -2.05. The highest BCUT2D eigenvalue weighted by Gasteiger charge is 2.11. The van der Waals surface area contributed by atoms with Crippen molar-refractivity contribution < 1.29 is 4.52 Å². The summed E-state index contributed by atoms with van der Waals surface area (Å²) in [6.45, 7) is 2.82. The van der Waals surface area contributed by atoms with Crippen molar-refractivity contribution >= 4 is 23.4 Å². The Hall–Kier alpha value is -1.04. The van der Waals surface area contributed by atoms with Crippen molar-refractivity contribution in [1.82, 2.24) is 10.1 Å². The topological polar surface area (TPSA) is 64.9 Å². The van der Waals surface area contributed by atoms with E-state index in [2.05, 4.69) is 17.1 Å². The monoisotopic (exact) mass is 297 g/mol. The summed E-state index contributed by atoms with van der Waals surface area (Å²) in [7, 11) is 0. The quantitative estimate of drug-likeness (QED) is 0.887. The summed E-state index contributed by atoms with van der Waals surface area (Å²) in [6, 6.07) is 7.46. The molecule has 1 atom stereocenters. The van der Waals surface area contributed by atoms with Gasteiger partial charge in [-0.2, -0.15) is 16.7 Å². The van der Waals surface area contributed by atoms with Crippen LogP contribution in [0.25, 0.3) is 11.4 Å². The maximum absolute atomic E-state index is 6.09. The largest absolute Gasteiger partial charge is 0.338 e. The number of nitrogens with two attached hydrogens (primary N) is 1. The third kappa shape index (κ3) is 3.96. The molecule has 4 nitrogen and oxygen atoms in total. The molecule has 0 saturated carbocycles. The molecule has 0 spiro atoms. The van der Waals surface area contributed by atoms with Crippen molar-refractivity contribution in [2.45, 2.75) is 12.7 Å². The van der Waals surface area contributed by atoms with Crippen LogP contribution in [-0.4, -0.2) is 22.4 Å². The average molecular weight is 298 g/mol. The van der Waals surface area contributed by atoms with Crippen molar-refractivity contribution in [3.05, 3.63) is 35.2 Å². The molecule has 0 aliphatic heterocycles. The van der Waals surface area contributed by atoms with Gasteiger partial charge in [0.05, 0.1) is 10.8 Å². The van der Waals surface area contributed by atoms with Crippen LogP contribution in [0.2, 0.25) is 5.02 Å². The Morgan fingerprint density at radius 3 is 2.95 bits per heavy atom. The molecule has 102 valence electrons. The highest BCUT2D eigenvalue weighted by molar-refractivity contribution is 7.98. The molecular weight excluding hydrogens is 282 g/mol. The van der Waals surface area contributed by atoms with Crippen molar-refractivity contribution in [2.75, 3.05) is 12.3 Å². The summed E-state index contributed by atoms with van der Waals surface area (Å²) in [4.78, 5) is 4.35. The summed E-state index contributed by atoms with van der Waals surface area (Å²) >= 11 is 7.83. The van der Waals surface area contributed by atoms with Crippen molar-refractivity contribution in [1.29, 1.82) is 0 Å². The van der Waals surface area contributed by atoms with E-state index >= 15 is 0 Å². The van der Waals surface area contributed by atoms with Crippen LogP contribution in [0.5, 0.6) is 0 Å². The number of halogens is 1. The van der Waals surface area contributed by atoms with Crippen LogP contribution >= 0.6 is 23.4 Å². The maximum atomic E-state index is 6.09. The van der Waals surface area contributed by atoms with Gasteiger partial charge in [0.1, 0.15) is 0 Å². The standard InChI is InChI=1S/C13H16ClN3OS/c1-9(6-15)7-19-8-12-16-13(17-18-12)10-4-2-3-5-11(10)14/h2-5,9H,6-8,15H2,1H3. The molecule has 0 bridgehead atoms. The van der Waals surface area contributed by atoms with Crippen LogP contribution < -0.4 is 5.73 Å². The zero-order valence-electron chi connectivity index (χ0n) is 10.7. The number of hydrogen-bond donors (Lipinski definition) is 1. The van der Waals surface area contributed by atoms with Crippen LogP contribution in [0.4, 0.5) is 0 Å². The first kappa shape index (κ1) is 14.4. The first-order valence-corrected chi connectivity index (χ1v) is 7.59. The lowest BCUT2D eigenvalue weighted by molar-refractivity contribution is 0.391. The van der Waals surface area contributed by atoms with Gasteiger partial charge in [-0.25, -0.2) is 0 Å². The van der Waals surface area contributed by atoms with E-state index in [0.717, 1.165) is 11.3 Å². The summed E-state index contributed by atoms with van der Waals surface area (Å²) < 4.78 is 5.22. The molecule has 1 aromatic heterocycles. The summed E-state index contributed by atoms with van der Waals surface area (Å²) in [5.74, 6) is 3.33. The summed E-state index contributed by atoms with van der Waals surface area (Å²) in [5, 5.41) is 4.58. The van der Waals surface area contributed by atoms with Crippen LogP contribution in [0.3, 0.4) is 0 Å².